The molecule has 0 saturated carbocycles. The van der Waals surface area contributed by atoms with Crippen LogP contribution in [-0.2, 0) is 11.2 Å². The largest absolute Gasteiger partial charge is 0.508 e. The highest BCUT2D eigenvalue weighted by molar-refractivity contribution is 6.35. The number of nitrogens with zero attached hydrogens (tertiary/aromatic N) is 2. The molecule has 0 atom stereocenters. The first-order chi connectivity index (χ1) is 12.4. The third-order valence-electron chi connectivity index (χ3n) is 4.36. The molecule has 26 heavy (non-hydrogen) atoms. The number of hydrogen-bond donors (Lipinski definition) is 1. The van der Waals surface area contributed by atoms with Gasteiger partial charge in [-0.25, -0.2) is 0 Å². The zero-order valence-electron chi connectivity index (χ0n) is 14.0. The first-order valence-electron chi connectivity index (χ1n) is 8.24. The van der Waals surface area contributed by atoms with Crippen LogP contribution in [0, 0.1) is 0 Å². The van der Waals surface area contributed by atoms with Gasteiger partial charge in [0, 0.05) is 47.4 Å². The van der Waals surface area contributed by atoms with Crippen molar-refractivity contribution in [1.29, 1.82) is 0 Å². The van der Waals surface area contributed by atoms with Crippen molar-refractivity contribution in [3.05, 3.63) is 63.6 Å². The number of para-hydroxylation sites is 1. The Morgan fingerprint density at radius 3 is 2.12 bits per heavy atom. The SMILES string of the molecule is O=C(Cc1ccccc1O)N1CCN(C(=O)c2cc(Cl)cc(Cl)c2)CC1. The van der Waals surface area contributed by atoms with Gasteiger partial charge < -0.3 is 14.9 Å². The van der Waals surface area contributed by atoms with Crippen molar-refractivity contribution < 1.29 is 14.7 Å². The fourth-order valence-corrected chi connectivity index (χ4v) is 3.48. The van der Waals surface area contributed by atoms with E-state index in [1.54, 1.807) is 52.3 Å². The van der Waals surface area contributed by atoms with E-state index >= 15 is 0 Å². The summed E-state index contributed by atoms with van der Waals surface area (Å²) in [6.45, 7) is 1.78. The standard InChI is InChI=1S/C19H18Cl2N2O3/c20-15-9-14(10-16(21)12-15)19(26)23-7-5-22(6-8-23)18(25)11-13-3-1-2-4-17(13)24/h1-4,9-10,12,24H,5-8,11H2. The van der Waals surface area contributed by atoms with Gasteiger partial charge in [0.25, 0.3) is 5.91 Å². The second-order valence-corrected chi connectivity index (χ2v) is 7.01. The number of phenols is 1. The fraction of sp³-hybridized carbons (Fsp3) is 0.263. The van der Waals surface area contributed by atoms with E-state index in [4.69, 9.17) is 23.2 Å². The van der Waals surface area contributed by atoms with Gasteiger partial charge in [-0.2, -0.15) is 0 Å². The summed E-state index contributed by atoms with van der Waals surface area (Å²) in [5.41, 5.74) is 1.04. The van der Waals surface area contributed by atoms with Gasteiger partial charge in [0.2, 0.25) is 5.91 Å². The van der Waals surface area contributed by atoms with E-state index in [1.165, 1.54) is 0 Å². The highest BCUT2D eigenvalue weighted by atomic mass is 35.5. The number of aromatic hydroxyl groups is 1. The maximum absolute atomic E-state index is 12.6. The topological polar surface area (TPSA) is 60.9 Å². The van der Waals surface area contributed by atoms with Gasteiger partial charge in [0.05, 0.1) is 6.42 Å². The Balaban J connectivity index is 1.59. The summed E-state index contributed by atoms with van der Waals surface area (Å²) in [5.74, 6) is -0.0981. The van der Waals surface area contributed by atoms with E-state index in [-0.39, 0.29) is 24.0 Å². The van der Waals surface area contributed by atoms with Crippen LogP contribution in [0.4, 0.5) is 0 Å². The number of amides is 2. The summed E-state index contributed by atoms with van der Waals surface area (Å²) in [5, 5.41) is 10.6. The van der Waals surface area contributed by atoms with Gasteiger partial charge >= 0.3 is 0 Å². The Bertz CT molecular complexity index is 813. The smallest absolute Gasteiger partial charge is 0.254 e. The molecule has 5 nitrogen and oxygen atoms in total. The van der Waals surface area contributed by atoms with Crippen molar-refractivity contribution in [1.82, 2.24) is 9.80 Å². The lowest BCUT2D eigenvalue weighted by atomic mass is 10.1. The number of phenolic OH excluding ortho intramolecular Hbond substituents is 1. The van der Waals surface area contributed by atoms with Crippen LogP contribution >= 0.6 is 23.2 Å². The van der Waals surface area contributed by atoms with Crippen LogP contribution in [0.2, 0.25) is 10.0 Å². The van der Waals surface area contributed by atoms with Crippen molar-refractivity contribution in [2.24, 2.45) is 0 Å². The molecule has 3 rings (SSSR count). The van der Waals surface area contributed by atoms with Crippen LogP contribution in [0.1, 0.15) is 15.9 Å². The van der Waals surface area contributed by atoms with E-state index in [0.29, 0.717) is 47.4 Å². The van der Waals surface area contributed by atoms with Gasteiger partial charge in [0.1, 0.15) is 5.75 Å². The normalized spacial score (nSPS) is 14.4. The van der Waals surface area contributed by atoms with Crippen LogP contribution in [0.15, 0.2) is 42.5 Å². The summed E-state index contributed by atoms with van der Waals surface area (Å²) in [6.07, 6.45) is 0.143. The molecule has 1 heterocycles. The molecule has 0 spiro atoms. The summed E-state index contributed by atoms with van der Waals surface area (Å²) in [4.78, 5) is 28.4. The molecular weight excluding hydrogens is 375 g/mol. The third kappa shape index (κ3) is 4.29. The van der Waals surface area contributed by atoms with Crippen LogP contribution in [-0.4, -0.2) is 52.9 Å². The average Bonchev–Trinajstić information content (AvgIpc) is 2.62. The van der Waals surface area contributed by atoms with Crippen molar-refractivity contribution in [3.8, 4) is 5.75 Å². The Labute approximate surface area is 161 Å². The monoisotopic (exact) mass is 392 g/mol. The molecule has 0 unspecified atom stereocenters. The van der Waals surface area contributed by atoms with Gasteiger partial charge in [-0.1, -0.05) is 41.4 Å². The zero-order chi connectivity index (χ0) is 18.7. The van der Waals surface area contributed by atoms with E-state index in [0.717, 1.165) is 0 Å². The zero-order valence-corrected chi connectivity index (χ0v) is 15.5. The predicted molar refractivity (Wildman–Crippen MR) is 101 cm³/mol. The maximum atomic E-state index is 12.6. The molecule has 2 aromatic carbocycles. The van der Waals surface area contributed by atoms with Crippen LogP contribution in [0.25, 0.3) is 0 Å². The van der Waals surface area contributed by atoms with Gasteiger partial charge in [-0.15, -0.1) is 0 Å². The minimum absolute atomic E-state index is 0.0654. The Hall–Kier alpha value is -2.24. The lowest BCUT2D eigenvalue weighted by molar-refractivity contribution is -0.131. The van der Waals surface area contributed by atoms with Crippen LogP contribution in [0.5, 0.6) is 5.75 Å². The summed E-state index contributed by atoms with van der Waals surface area (Å²) < 4.78 is 0. The molecule has 1 aliphatic rings. The quantitative estimate of drug-likeness (QED) is 0.871. The predicted octanol–water partition coefficient (Wildman–Crippen LogP) is 3.23. The number of carbonyl (C=O) groups is 2. The molecule has 0 aromatic heterocycles. The van der Waals surface area contributed by atoms with Gasteiger partial charge in [-0.3, -0.25) is 9.59 Å². The van der Waals surface area contributed by atoms with Gasteiger partial charge in [-0.05, 0) is 24.3 Å². The van der Waals surface area contributed by atoms with Crippen molar-refractivity contribution in [3.63, 3.8) is 0 Å². The second kappa shape index (κ2) is 7.98. The van der Waals surface area contributed by atoms with E-state index in [2.05, 4.69) is 0 Å². The number of halogens is 2. The molecular formula is C19H18Cl2N2O3. The van der Waals surface area contributed by atoms with Crippen LogP contribution < -0.4 is 0 Å². The first-order valence-corrected chi connectivity index (χ1v) is 8.99. The molecule has 136 valence electrons. The molecule has 1 fully saturated rings. The lowest BCUT2D eigenvalue weighted by Crippen LogP contribution is -2.51. The summed E-state index contributed by atoms with van der Waals surface area (Å²) >= 11 is 11.9. The number of piperazine rings is 1. The number of rotatable bonds is 3. The van der Waals surface area contributed by atoms with Crippen molar-refractivity contribution >= 4 is 35.0 Å². The number of benzene rings is 2. The molecule has 0 aliphatic carbocycles. The Morgan fingerprint density at radius 1 is 0.923 bits per heavy atom. The molecule has 2 amide bonds. The Morgan fingerprint density at radius 2 is 1.50 bits per heavy atom. The molecule has 1 N–H and O–H groups in total. The third-order valence-corrected chi connectivity index (χ3v) is 4.80. The van der Waals surface area contributed by atoms with Crippen molar-refractivity contribution in [2.75, 3.05) is 26.2 Å². The van der Waals surface area contributed by atoms with E-state index in [9.17, 15) is 14.7 Å². The molecule has 7 heteroatoms. The second-order valence-electron chi connectivity index (χ2n) is 6.14. The molecule has 1 aliphatic heterocycles. The summed E-state index contributed by atoms with van der Waals surface area (Å²) in [7, 11) is 0. The summed E-state index contributed by atoms with van der Waals surface area (Å²) in [6, 6.07) is 11.6. The van der Waals surface area contributed by atoms with E-state index < -0.39 is 0 Å². The fourth-order valence-electron chi connectivity index (χ4n) is 2.95. The number of hydrogen-bond acceptors (Lipinski definition) is 3. The minimum atomic E-state index is -0.151. The molecule has 1 saturated heterocycles. The molecule has 0 bridgehead atoms. The Kier molecular flexibility index (Phi) is 5.69. The van der Waals surface area contributed by atoms with Gasteiger partial charge in [0.15, 0.2) is 0 Å². The minimum Gasteiger partial charge on any atom is -0.508 e. The van der Waals surface area contributed by atoms with E-state index in [1.807, 2.05) is 0 Å². The first kappa shape index (κ1) is 18.5. The maximum Gasteiger partial charge on any atom is 0.254 e. The average molecular weight is 393 g/mol. The molecule has 2 aromatic rings. The highest BCUT2D eigenvalue weighted by Crippen LogP contribution is 2.21. The highest BCUT2D eigenvalue weighted by Gasteiger charge is 2.25. The number of carbonyl (C=O) groups excluding carboxylic acids is 2. The lowest BCUT2D eigenvalue weighted by Gasteiger charge is -2.35. The van der Waals surface area contributed by atoms with Crippen molar-refractivity contribution in [2.45, 2.75) is 6.42 Å². The molecule has 0 radical (unpaired) electrons. The van der Waals surface area contributed by atoms with Crippen LogP contribution in [0.3, 0.4) is 0 Å².